The van der Waals surface area contributed by atoms with E-state index in [2.05, 4.69) is 11.4 Å². The third-order valence-corrected chi connectivity index (χ3v) is 2.98. The van der Waals surface area contributed by atoms with Gasteiger partial charge in [-0.25, -0.2) is 4.39 Å². The SMILES string of the molecule is CNC(Cc1cccc(F)c1)C1=CCCCO1. The lowest BCUT2D eigenvalue weighted by atomic mass is 10.0. The van der Waals surface area contributed by atoms with Crippen molar-refractivity contribution < 1.29 is 9.13 Å². The van der Waals surface area contributed by atoms with Gasteiger partial charge in [0.25, 0.3) is 0 Å². The van der Waals surface area contributed by atoms with E-state index >= 15 is 0 Å². The maximum atomic E-state index is 13.1. The van der Waals surface area contributed by atoms with Crippen molar-refractivity contribution in [3.8, 4) is 0 Å². The topological polar surface area (TPSA) is 21.3 Å². The van der Waals surface area contributed by atoms with E-state index < -0.39 is 0 Å². The summed E-state index contributed by atoms with van der Waals surface area (Å²) >= 11 is 0. The van der Waals surface area contributed by atoms with Crippen LogP contribution in [0.2, 0.25) is 0 Å². The van der Waals surface area contributed by atoms with E-state index in [0.29, 0.717) is 0 Å². The molecule has 1 unspecified atom stereocenters. The van der Waals surface area contributed by atoms with Crippen LogP contribution in [0.25, 0.3) is 0 Å². The lowest BCUT2D eigenvalue weighted by molar-refractivity contribution is 0.169. The maximum Gasteiger partial charge on any atom is 0.123 e. The highest BCUT2D eigenvalue weighted by molar-refractivity contribution is 5.20. The molecule has 0 aromatic heterocycles. The van der Waals surface area contributed by atoms with Gasteiger partial charge in [0.05, 0.1) is 12.6 Å². The van der Waals surface area contributed by atoms with Gasteiger partial charge in [0, 0.05) is 0 Å². The maximum absolute atomic E-state index is 13.1. The zero-order valence-corrected chi connectivity index (χ0v) is 10.1. The average Bonchev–Trinajstić information content (AvgIpc) is 2.37. The zero-order valence-electron chi connectivity index (χ0n) is 10.1. The van der Waals surface area contributed by atoms with E-state index in [1.807, 2.05) is 13.1 Å². The summed E-state index contributed by atoms with van der Waals surface area (Å²) in [6, 6.07) is 6.86. The van der Waals surface area contributed by atoms with Crippen molar-refractivity contribution in [1.29, 1.82) is 0 Å². The van der Waals surface area contributed by atoms with Crippen molar-refractivity contribution >= 4 is 0 Å². The fourth-order valence-electron chi connectivity index (χ4n) is 2.06. The van der Waals surface area contributed by atoms with Gasteiger partial charge in [0.15, 0.2) is 0 Å². The molecule has 0 saturated carbocycles. The third-order valence-electron chi connectivity index (χ3n) is 2.98. The van der Waals surface area contributed by atoms with Crippen LogP contribution in [-0.2, 0) is 11.2 Å². The number of ether oxygens (including phenoxy) is 1. The molecule has 17 heavy (non-hydrogen) atoms. The molecule has 0 fully saturated rings. The Balaban J connectivity index is 2.06. The van der Waals surface area contributed by atoms with E-state index in [4.69, 9.17) is 4.74 Å². The van der Waals surface area contributed by atoms with E-state index in [1.54, 1.807) is 12.1 Å². The molecule has 92 valence electrons. The molecule has 1 aliphatic heterocycles. The Morgan fingerprint density at radius 3 is 3.00 bits per heavy atom. The van der Waals surface area contributed by atoms with E-state index in [9.17, 15) is 4.39 Å². The summed E-state index contributed by atoms with van der Waals surface area (Å²) in [5.41, 5.74) is 0.986. The average molecular weight is 235 g/mol. The van der Waals surface area contributed by atoms with Crippen LogP contribution < -0.4 is 5.32 Å². The second-order valence-corrected chi connectivity index (χ2v) is 4.27. The number of rotatable bonds is 4. The normalized spacial score (nSPS) is 17.2. The fraction of sp³-hybridized carbons (Fsp3) is 0.429. The van der Waals surface area contributed by atoms with Gasteiger partial charge in [-0.3, -0.25) is 0 Å². The van der Waals surface area contributed by atoms with Crippen molar-refractivity contribution in [3.63, 3.8) is 0 Å². The first-order valence-corrected chi connectivity index (χ1v) is 6.04. The monoisotopic (exact) mass is 235 g/mol. The second kappa shape index (κ2) is 5.82. The highest BCUT2D eigenvalue weighted by Crippen LogP contribution is 2.17. The Hall–Kier alpha value is -1.35. The quantitative estimate of drug-likeness (QED) is 0.866. The molecule has 0 bridgehead atoms. The van der Waals surface area contributed by atoms with Crippen LogP contribution in [0.3, 0.4) is 0 Å². The minimum absolute atomic E-state index is 0.136. The second-order valence-electron chi connectivity index (χ2n) is 4.27. The van der Waals surface area contributed by atoms with Gasteiger partial charge in [-0.05, 0) is 50.1 Å². The molecule has 0 aliphatic carbocycles. The molecule has 1 aromatic rings. The van der Waals surface area contributed by atoms with Gasteiger partial charge in [0.2, 0.25) is 0 Å². The number of allylic oxidation sites excluding steroid dienone is 1. The number of hydrogen-bond donors (Lipinski definition) is 1. The molecule has 1 aliphatic rings. The minimum atomic E-state index is -0.184. The van der Waals surface area contributed by atoms with Crippen molar-refractivity contribution in [2.45, 2.75) is 25.3 Å². The summed E-state index contributed by atoms with van der Waals surface area (Å²) in [6.45, 7) is 0.785. The van der Waals surface area contributed by atoms with Crippen LogP contribution in [-0.4, -0.2) is 19.7 Å². The molecule has 1 aromatic carbocycles. The van der Waals surface area contributed by atoms with Crippen LogP contribution in [0, 0.1) is 5.82 Å². The van der Waals surface area contributed by atoms with Crippen LogP contribution in [0.1, 0.15) is 18.4 Å². The molecule has 1 atom stereocenters. The Morgan fingerprint density at radius 1 is 1.47 bits per heavy atom. The summed E-state index contributed by atoms with van der Waals surface area (Å²) < 4.78 is 18.7. The number of halogens is 1. The Kier molecular flexibility index (Phi) is 4.15. The molecule has 1 N–H and O–H groups in total. The molecule has 0 saturated heterocycles. The molecule has 3 heteroatoms. The first-order chi connectivity index (χ1) is 8.29. The van der Waals surface area contributed by atoms with Crippen LogP contribution in [0.15, 0.2) is 36.1 Å². The highest BCUT2D eigenvalue weighted by Gasteiger charge is 2.16. The van der Waals surface area contributed by atoms with Crippen LogP contribution >= 0.6 is 0 Å². The summed E-state index contributed by atoms with van der Waals surface area (Å²) in [6.07, 6.45) is 5.03. The van der Waals surface area contributed by atoms with Crippen molar-refractivity contribution in [3.05, 3.63) is 47.5 Å². The molecule has 0 amide bonds. The third kappa shape index (κ3) is 3.30. The molecular weight excluding hydrogens is 217 g/mol. The summed E-state index contributed by atoms with van der Waals surface area (Å²) in [4.78, 5) is 0. The van der Waals surface area contributed by atoms with Crippen LogP contribution in [0.5, 0.6) is 0 Å². The van der Waals surface area contributed by atoms with E-state index in [0.717, 1.165) is 37.2 Å². The number of likely N-dealkylation sites (N-methyl/N-ethyl adjacent to an activating group) is 1. The summed E-state index contributed by atoms with van der Waals surface area (Å²) in [5.74, 6) is 0.805. The lowest BCUT2D eigenvalue weighted by Crippen LogP contribution is -2.32. The van der Waals surface area contributed by atoms with Crippen molar-refractivity contribution in [2.24, 2.45) is 0 Å². The van der Waals surface area contributed by atoms with Crippen molar-refractivity contribution in [1.82, 2.24) is 5.32 Å². The standard InChI is InChI=1S/C14H18FNO/c1-16-13(14-7-2-3-8-17-14)10-11-5-4-6-12(15)9-11/h4-7,9,13,16H,2-3,8,10H2,1H3. The molecule has 2 rings (SSSR count). The van der Waals surface area contributed by atoms with Gasteiger partial charge >= 0.3 is 0 Å². The van der Waals surface area contributed by atoms with Gasteiger partial charge in [-0.2, -0.15) is 0 Å². The molecule has 0 spiro atoms. The minimum Gasteiger partial charge on any atom is -0.497 e. The molecular formula is C14H18FNO. The number of hydrogen-bond acceptors (Lipinski definition) is 2. The van der Waals surface area contributed by atoms with Gasteiger partial charge in [-0.15, -0.1) is 0 Å². The van der Waals surface area contributed by atoms with Gasteiger partial charge in [0.1, 0.15) is 11.6 Å². The Labute approximate surface area is 101 Å². The highest BCUT2D eigenvalue weighted by atomic mass is 19.1. The molecule has 2 nitrogen and oxygen atoms in total. The van der Waals surface area contributed by atoms with Gasteiger partial charge < -0.3 is 10.1 Å². The summed E-state index contributed by atoms with van der Waals surface area (Å²) in [5, 5.41) is 3.22. The Morgan fingerprint density at radius 2 is 2.35 bits per heavy atom. The van der Waals surface area contributed by atoms with E-state index in [1.165, 1.54) is 6.07 Å². The largest absolute Gasteiger partial charge is 0.497 e. The Bertz CT molecular complexity index is 403. The van der Waals surface area contributed by atoms with Crippen molar-refractivity contribution in [2.75, 3.05) is 13.7 Å². The molecule has 0 radical (unpaired) electrons. The first kappa shape index (κ1) is 12.1. The summed E-state index contributed by atoms with van der Waals surface area (Å²) in [7, 11) is 1.91. The predicted octanol–water partition coefficient (Wildman–Crippen LogP) is 2.65. The van der Waals surface area contributed by atoms with Crippen LogP contribution in [0.4, 0.5) is 4.39 Å². The lowest BCUT2D eigenvalue weighted by Gasteiger charge is -2.23. The van der Waals surface area contributed by atoms with Gasteiger partial charge in [-0.1, -0.05) is 12.1 Å². The number of nitrogens with one attached hydrogen (secondary N) is 1. The number of benzene rings is 1. The predicted molar refractivity (Wildman–Crippen MR) is 66.2 cm³/mol. The smallest absolute Gasteiger partial charge is 0.123 e. The fourth-order valence-corrected chi connectivity index (χ4v) is 2.06. The first-order valence-electron chi connectivity index (χ1n) is 6.04. The van der Waals surface area contributed by atoms with E-state index in [-0.39, 0.29) is 11.9 Å². The molecule has 1 heterocycles. The zero-order chi connectivity index (χ0) is 12.1.